The maximum absolute atomic E-state index is 11.3. The van der Waals surface area contributed by atoms with E-state index in [4.69, 9.17) is 5.11 Å². The predicted molar refractivity (Wildman–Crippen MR) is 173 cm³/mol. The molecule has 0 aromatic heterocycles. The Morgan fingerprint density at radius 2 is 1.48 bits per heavy atom. The van der Waals surface area contributed by atoms with Gasteiger partial charge < -0.3 is 15.5 Å². The second-order valence-electron chi connectivity index (χ2n) is 12.8. The van der Waals surface area contributed by atoms with Crippen LogP contribution in [0.25, 0.3) is 11.1 Å². The van der Waals surface area contributed by atoms with Gasteiger partial charge in [-0.25, -0.2) is 4.79 Å². The third-order valence-corrected chi connectivity index (χ3v) is 7.39. The number of carbonyl (C=O) groups is 1. The van der Waals surface area contributed by atoms with Crippen molar-refractivity contribution in [2.45, 2.75) is 64.9 Å². The van der Waals surface area contributed by atoms with E-state index in [1.165, 1.54) is 23.3 Å². The van der Waals surface area contributed by atoms with Gasteiger partial charge >= 0.3 is 5.97 Å². The molecule has 4 rings (SSSR count). The molecule has 0 bridgehead atoms. The monoisotopic (exact) mass is 559 g/mol. The number of carboxylic acids is 1. The lowest BCUT2D eigenvalue weighted by Crippen LogP contribution is -2.18. The van der Waals surface area contributed by atoms with Gasteiger partial charge in [0.1, 0.15) is 6.10 Å². The van der Waals surface area contributed by atoms with Gasteiger partial charge in [0.15, 0.2) is 0 Å². The summed E-state index contributed by atoms with van der Waals surface area (Å²) in [5, 5.41) is 24.2. The maximum Gasteiger partial charge on any atom is 0.335 e. The minimum Gasteiger partial charge on any atom is -0.478 e. The van der Waals surface area contributed by atoms with Crippen LogP contribution in [-0.4, -0.2) is 22.7 Å². The molecule has 0 aliphatic carbocycles. The molecule has 42 heavy (non-hydrogen) atoms. The molecule has 4 aromatic rings. The lowest BCUT2D eigenvalue weighted by Gasteiger charge is -2.28. The lowest BCUT2D eigenvalue weighted by molar-refractivity contribution is 0.0697. The first-order valence-electron chi connectivity index (χ1n) is 14.4. The number of benzene rings is 4. The summed E-state index contributed by atoms with van der Waals surface area (Å²) in [4.78, 5) is 11.2. The molecule has 1 unspecified atom stereocenters. The Kier molecular flexibility index (Phi) is 9.24. The topological polar surface area (TPSA) is 69.6 Å². The van der Waals surface area contributed by atoms with Crippen molar-refractivity contribution >= 4 is 11.7 Å². The number of rotatable bonds is 7. The number of anilines is 1. The molecular weight excluding hydrogens is 518 g/mol. The van der Waals surface area contributed by atoms with Crippen LogP contribution in [0.1, 0.15) is 85.8 Å². The molecule has 0 heterocycles. The van der Waals surface area contributed by atoms with Gasteiger partial charge in [-0.2, -0.15) is 0 Å². The first-order valence-corrected chi connectivity index (χ1v) is 14.4. The molecule has 0 aliphatic heterocycles. The van der Waals surface area contributed by atoms with Gasteiger partial charge in [-0.3, -0.25) is 0 Å². The van der Waals surface area contributed by atoms with Crippen LogP contribution in [0.2, 0.25) is 0 Å². The normalized spacial score (nSPS) is 12.3. The highest BCUT2D eigenvalue weighted by Crippen LogP contribution is 2.40. The molecule has 0 amide bonds. The van der Waals surface area contributed by atoms with Crippen LogP contribution in [0.3, 0.4) is 0 Å². The molecule has 0 aliphatic rings. The van der Waals surface area contributed by atoms with Crippen molar-refractivity contribution in [1.82, 2.24) is 0 Å². The molecule has 0 saturated carbocycles. The number of hydrogen-bond acceptors (Lipinski definition) is 3. The Balaban J connectivity index is 1.77. The first-order chi connectivity index (χ1) is 19.8. The van der Waals surface area contributed by atoms with Crippen molar-refractivity contribution in [3.63, 3.8) is 0 Å². The van der Waals surface area contributed by atoms with Crippen LogP contribution in [0.15, 0.2) is 91.0 Å². The molecule has 0 fully saturated rings. The zero-order valence-electron chi connectivity index (χ0n) is 25.5. The SMILES string of the molecule is CC(C)(C)c1ccc(-c2cc(C(O)C#Cc3ccc(C(=O)O)cc3)cc(C(C)(C)C)c2NCCc2ccccc2)cc1. The van der Waals surface area contributed by atoms with E-state index in [0.29, 0.717) is 5.56 Å². The van der Waals surface area contributed by atoms with Crippen LogP contribution in [0.5, 0.6) is 0 Å². The third kappa shape index (κ3) is 7.69. The number of carboxylic acid groups (broad SMARTS) is 1. The lowest BCUT2D eigenvalue weighted by atomic mass is 9.81. The summed E-state index contributed by atoms with van der Waals surface area (Å²) in [5.74, 6) is 5.00. The van der Waals surface area contributed by atoms with Crippen LogP contribution in [0.4, 0.5) is 5.69 Å². The molecule has 0 spiro atoms. The van der Waals surface area contributed by atoms with Crippen molar-refractivity contribution in [1.29, 1.82) is 0 Å². The fraction of sp³-hybridized carbons (Fsp3) is 0.289. The van der Waals surface area contributed by atoms with Gasteiger partial charge in [-0.05, 0) is 81.5 Å². The fourth-order valence-corrected chi connectivity index (χ4v) is 4.89. The Hall–Kier alpha value is -4.33. The second kappa shape index (κ2) is 12.7. The first kappa shape index (κ1) is 30.6. The zero-order valence-corrected chi connectivity index (χ0v) is 25.5. The predicted octanol–water partition coefficient (Wildman–Crippen LogP) is 8.39. The standard InChI is InChI=1S/C38H41NO3/c1-37(2,3)31-19-17-28(18-20-31)32-24-30(34(40)21-14-27-12-15-29(16-13-27)36(41)42)25-33(38(4,5)6)35(32)39-23-22-26-10-8-7-9-11-26/h7-13,15-20,24-25,34,39-40H,22-23H2,1-6H3,(H,41,42). The fourth-order valence-electron chi connectivity index (χ4n) is 4.89. The van der Waals surface area contributed by atoms with Crippen LogP contribution >= 0.6 is 0 Å². The van der Waals surface area contributed by atoms with Gasteiger partial charge in [0.25, 0.3) is 0 Å². The summed E-state index contributed by atoms with van der Waals surface area (Å²) in [6.07, 6.45) is -0.125. The molecule has 3 N–H and O–H groups in total. The van der Waals surface area contributed by atoms with Gasteiger partial charge in [0.2, 0.25) is 0 Å². The number of aliphatic hydroxyl groups excluding tert-OH is 1. The second-order valence-corrected chi connectivity index (χ2v) is 12.8. The highest BCUT2D eigenvalue weighted by molar-refractivity contribution is 5.87. The van der Waals surface area contributed by atoms with Gasteiger partial charge in [-0.1, -0.05) is 108 Å². The molecule has 4 nitrogen and oxygen atoms in total. The highest BCUT2D eigenvalue weighted by Gasteiger charge is 2.24. The smallest absolute Gasteiger partial charge is 0.335 e. The van der Waals surface area contributed by atoms with Gasteiger partial charge in [-0.15, -0.1) is 0 Å². The molecule has 0 saturated heterocycles. The molecule has 0 radical (unpaired) electrons. The Bertz CT molecular complexity index is 1580. The van der Waals surface area contributed by atoms with Crippen LogP contribution in [-0.2, 0) is 17.3 Å². The van der Waals surface area contributed by atoms with Crippen molar-refractivity contribution in [2.24, 2.45) is 0 Å². The quantitative estimate of drug-likeness (QED) is 0.199. The molecule has 216 valence electrons. The van der Waals surface area contributed by atoms with Gasteiger partial charge in [0.05, 0.1) is 5.56 Å². The molecule has 4 heteroatoms. The number of nitrogens with one attached hydrogen (secondary N) is 1. The summed E-state index contributed by atoms with van der Waals surface area (Å²) < 4.78 is 0. The maximum atomic E-state index is 11.3. The summed E-state index contributed by atoms with van der Waals surface area (Å²) >= 11 is 0. The van der Waals surface area contributed by atoms with E-state index in [2.05, 4.69) is 113 Å². The van der Waals surface area contributed by atoms with E-state index in [1.54, 1.807) is 12.1 Å². The van der Waals surface area contributed by atoms with E-state index >= 15 is 0 Å². The minimum atomic E-state index is -1.02. The number of aromatic carboxylic acids is 1. The minimum absolute atomic E-state index is 0.0438. The Morgan fingerprint density at radius 3 is 2.05 bits per heavy atom. The zero-order chi connectivity index (χ0) is 30.5. The molecule has 1 atom stereocenters. The van der Waals surface area contributed by atoms with Crippen LogP contribution < -0.4 is 5.32 Å². The Morgan fingerprint density at radius 1 is 0.833 bits per heavy atom. The molecular formula is C38H41NO3. The molecule has 4 aromatic carbocycles. The Labute approximate surface area is 250 Å². The highest BCUT2D eigenvalue weighted by atomic mass is 16.4. The summed E-state index contributed by atoms with van der Waals surface area (Å²) in [6, 6.07) is 29.6. The van der Waals surface area contributed by atoms with Crippen molar-refractivity contribution in [2.75, 3.05) is 11.9 Å². The summed E-state index contributed by atoms with van der Waals surface area (Å²) in [6.45, 7) is 14.0. The van der Waals surface area contributed by atoms with E-state index in [1.807, 2.05) is 12.1 Å². The van der Waals surface area contributed by atoms with Crippen molar-refractivity contribution < 1.29 is 15.0 Å². The van der Waals surface area contributed by atoms with E-state index < -0.39 is 12.1 Å². The third-order valence-electron chi connectivity index (χ3n) is 7.39. The van der Waals surface area contributed by atoms with E-state index in [9.17, 15) is 9.90 Å². The van der Waals surface area contributed by atoms with Gasteiger partial charge in [0, 0.05) is 23.4 Å². The van der Waals surface area contributed by atoms with Crippen molar-refractivity contribution in [3.05, 3.63) is 124 Å². The summed E-state index contributed by atoms with van der Waals surface area (Å²) in [5.41, 5.74) is 8.21. The number of hydrogen-bond donors (Lipinski definition) is 3. The van der Waals surface area contributed by atoms with E-state index in [-0.39, 0.29) is 16.4 Å². The summed E-state index contributed by atoms with van der Waals surface area (Å²) in [7, 11) is 0. The van der Waals surface area contributed by atoms with E-state index in [0.717, 1.165) is 40.9 Å². The number of aliphatic hydroxyl groups is 1. The van der Waals surface area contributed by atoms with Crippen molar-refractivity contribution in [3.8, 4) is 23.0 Å². The average Bonchev–Trinajstić information content (AvgIpc) is 2.95. The largest absolute Gasteiger partial charge is 0.478 e. The average molecular weight is 560 g/mol. The van der Waals surface area contributed by atoms with Crippen LogP contribution in [0, 0.1) is 11.8 Å².